The highest BCUT2D eigenvalue weighted by Gasteiger charge is 2.51. The van der Waals surface area contributed by atoms with Crippen molar-refractivity contribution in [2.75, 3.05) is 0 Å². The van der Waals surface area contributed by atoms with Crippen molar-refractivity contribution < 1.29 is 47.2 Å². The Morgan fingerprint density at radius 2 is 1.82 bits per heavy atom. The Morgan fingerprint density at radius 3 is 2.32 bits per heavy atom. The number of esters is 1. The van der Waals surface area contributed by atoms with Gasteiger partial charge in [-0.2, -0.15) is 13.2 Å². The third-order valence-corrected chi connectivity index (χ3v) is 2.81. The topological polar surface area (TPSA) is 135 Å². The van der Waals surface area contributed by atoms with Crippen LogP contribution in [0, 0.1) is 6.92 Å². The zero-order valence-corrected chi connectivity index (χ0v) is 10.9. The van der Waals surface area contributed by atoms with Gasteiger partial charge in [-0.3, -0.25) is 0 Å². The molecule has 1 saturated heterocycles. The largest absolute Gasteiger partial charge is 0.491 e. The standard InChI is InChI=1S/C10H11F3N2O7/c1-2-14-15-7(20-2)6-4(17)3(16)5(18)8(21-6)22-9(19)10(11,12)13/h3-6,8,16-18H,1H3/t3-,4-,5+,6?,8+/m0/s1. The van der Waals surface area contributed by atoms with Crippen molar-refractivity contribution in [2.24, 2.45) is 0 Å². The fourth-order valence-electron chi connectivity index (χ4n) is 1.75. The van der Waals surface area contributed by atoms with E-state index in [9.17, 15) is 33.3 Å². The number of aliphatic hydroxyl groups is 3. The molecule has 1 aliphatic rings. The molecule has 0 bridgehead atoms. The number of hydrogen-bond donors (Lipinski definition) is 3. The minimum Gasteiger partial charge on any atom is -0.426 e. The first-order valence-electron chi connectivity index (χ1n) is 5.88. The maximum Gasteiger partial charge on any atom is 0.491 e. The maximum absolute atomic E-state index is 12.2. The molecule has 1 aliphatic heterocycles. The van der Waals surface area contributed by atoms with Gasteiger partial charge in [0, 0.05) is 6.92 Å². The van der Waals surface area contributed by atoms with E-state index < -0.39 is 42.9 Å². The molecule has 1 aromatic heterocycles. The number of nitrogens with zero attached hydrogens (tertiary/aromatic N) is 2. The lowest BCUT2D eigenvalue weighted by atomic mass is 9.99. The number of carbonyl (C=O) groups excluding carboxylic acids is 1. The summed E-state index contributed by atoms with van der Waals surface area (Å²) in [7, 11) is 0. The van der Waals surface area contributed by atoms with Crippen LogP contribution in [-0.4, -0.2) is 62.3 Å². The average Bonchev–Trinajstić information content (AvgIpc) is 2.84. The molecule has 22 heavy (non-hydrogen) atoms. The van der Waals surface area contributed by atoms with Gasteiger partial charge in [0.1, 0.15) is 18.3 Å². The van der Waals surface area contributed by atoms with E-state index in [0.717, 1.165) is 0 Å². The number of carbonyl (C=O) groups is 1. The van der Waals surface area contributed by atoms with Crippen molar-refractivity contribution in [3.05, 3.63) is 11.8 Å². The van der Waals surface area contributed by atoms with Crippen LogP contribution in [0.4, 0.5) is 13.2 Å². The van der Waals surface area contributed by atoms with Crippen molar-refractivity contribution in [3.8, 4) is 0 Å². The average molecular weight is 328 g/mol. The summed E-state index contributed by atoms with van der Waals surface area (Å²) >= 11 is 0. The van der Waals surface area contributed by atoms with Gasteiger partial charge in [0.2, 0.25) is 18.1 Å². The van der Waals surface area contributed by atoms with Gasteiger partial charge in [-0.1, -0.05) is 0 Å². The van der Waals surface area contributed by atoms with E-state index in [1.165, 1.54) is 6.92 Å². The molecular formula is C10H11F3N2O7. The molecule has 124 valence electrons. The third kappa shape index (κ3) is 3.19. The highest BCUT2D eigenvalue weighted by molar-refractivity contribution is 5.75. The summed E-state index contributed by atoms with van der Waals surface area (Å²) in [5.74, 6) is -2.92. The summed E-state index contributed by atoms with van der Waals surface area (Å²) in [6, 6.07) is 0. The molecule has 0 aromatic carbocycles. The van der Waals surface area contributed by atoms with Crippen LogP contribution in [0.15, 0.2) is 4.42 Å². The number of alkyl halides is 3. The summed E-state index contributed by atoms with van der Waals surface area (Å²) in [6.45, 7) is 1.40. The molecule has 1 aromatic rings. The molecule has 0 saturated carbocycles. The number of aliphatic hydroxyl groups excluding tert-OH is 3. The molecule has 5 atom stereocenters. The number of halogens is 3. The molecule has 12 heteroatoms. The highest BCUT2D eigenvalue weighted by Crippen LogP contribution is 2.33. The fraction of sp³-hybridized carbons (Fsp3) is 0.700. The zero-order chi connectivity index (χ0) is 16.7. The van der Waals surface area contributed by atoms with E-state index in [1.807, 2.05) is 0 Å². The Balaban J connectivity index is 2.19. The lowest BCUT2D eigenvalue weighted by Crippen LogP contribution is -2.56. The molecule has 0 radical (unpaired) electrons. The van der Waals surface area contributed by atoms with Gasteiger partial charge >= 0.3 is 12.1 Å². The van der Waals surface area contributed by atoms with Crippen molar-refractivity contribution in [3.63, 3.8) is 0 Å². The van der Waals surface area contributed by atoms with Crippen LogP contribution in [0.3, 0.4) is 0 Å². The Morgan fingerprint density at radius 1 is 1.18 bits per heavy atom. The lowest BCUT2D eigenvalue weighted by molar-refractivity contribution is -0.304. The van der Waals surface area contributed by atoms with Crippen LogP contribution in [0.5, 0.6) is 0 Å². The second kappa shape index (κ2) is 5.79. The van der Waals surface area contributed by atoms with Gasteiger partial charge in [-0.05, 0) is 0 Å². The minimum atomic E-state index is -5.32. The molecule has 2 heterocycles. The second-order valence-electron chi connectivity index (χ2n) is 4.46. The predicted octanol–water partition coefficient (Wildman–Crippen LogP) is -1.04. The Kier molecular flexibility index (Phi) is 4.37. The normalized spacial score (nSPS) is 32.8. The van der Waals surface area contributed by atoms with E-state index in [2.05, 4.69) is 14.9 Å². The number of rotatable bonds is 2. The molecule has 0 amide bonds. The zero-order valence-electron chi connectivity index (χ0n) is 10.9. The first-order chi connectivity index (χ1) is 10.1. The summed E-state index contributed by atoms with van der Waals surface area (Å²) in [4.78, 5) is 10.8. The predicted molar refractivity (Wildman–Crippen MR) is 56.8 cm³/mol. The third-order valence-electron chi connectivity index (χ3n) is 2.81. The highest BCUT2D eigenvalue weighted by atomic mass is 19.4. The van der Waals surface area contributed by atoms with Crippen LogP contribution in [0.25, 0.3) is 0 Å². The van der Waals surface area contributed by atoms with Crippen molar-refractivity contribution in [1.29, 1.82) is 0 Å². The van der Waals surface area contributed by atoms with Gasteiger partial charge in [0.05, 0.1) is 0 Å². The van der Waals surface area contributed by atoms with Gasteiger partial charge in [-0.15, -0.1) is 10.2 Å². The first-order valence-corrected chi connectivity index (χ1v) is 5.88. The van der Waals surface area contributed by atoms with Crippen LogP contribution >= 0.6 is 0 Å². The Bertz CT molecular complexity index is 549. The van der Waals surface area contributed by atoms with Gasteiger partial charge < -0.3 is 29.2 Å². The lowest BCUT2D eigenvalue weighted by Gasteiger charge is -2.38. The fourth-order valence-corrected chi connectivity index (χ4v) is 1.75. The molecule has 0 aliphatic carbocycles. The summed E-state index contributed by atoms with van der Waals surface area (Å²) in [5, 5.41) is 35.8. The summed E-state index contributed by atoms with van der Waals surface area (Å²) in [6.07, 6.45) is -14.9. The van der Waals surface area contributed by atoms with Crippen molar-refractivity contribution in [1.82, 2.24) is 10.2 Å². The van der Waals surface area contributed by atoms with Crippen LogP contribution in [-0.2, 0) is 14.3 Å². The number of aryl methyl sites for hydroxylation is 1. The molecule has 3 N–H and O–H groups in total. The number of ether oxygens (including phenoxy) is 2. The van der Waals surface area contributed by atoms with Crippen molar-refractivity contribution in [2.45, 2.75) is 43.8 Å². The summed E-state index contributed by atoms with van der Waals surface area (Å²) in [5.41, 5.74) is 0. The Labute approximate surface area is 120 Å². The minimum absolute atomic E-state index is 0.0650. The second-order valence-corrected chi connectivity index (χ2v) is 4.46. The number of aromatic nitrogens is 2. The molecule has 2 rings (SSSR count). The SMILES string of the molecule is Cc1nnc(C2O[C@H](OC(=O)C(F)(F)F)[C@H](O)[C@@H](O)[C@@H]2O)o1. The Hall–Kier alpha value is -1.76. The molecule has 1 fully saturated rings. The molecule has 0 spiro atoms. The first kappa shape index (κ1) is 16.6. The van der Waals surface area contributed by atoms with Gasteiger partial charge in [0.25, 0.3) is 0 Å². The van der Waals surface area contributed by atoms with E-state index in [-0.39, 0.29) is 11.8 Å². The smallest absolute Gasteiger partial charge is 0.426 e. The van der Waals surface area contributed by atoms with E-state index in [4.69, 9.17) is 9.15 Å². The quantitative estimate of drug-likeness (QED) is 0.582. The van der Waals surface area contributed by atoms with Gasteiger partial charge in [0.15, 0.2) is 6.10 Å². The molecule has 9 nitrogen and oxygen atoms in total. The van der Waals surface area contributed by atoms with Crippen LogP contribution in [0.1, 0.15) is 17.9 Å². The number of hydrogen-bond acceptors (Lipinski definition) is 9. The van der Waals surface area contributed by atoms with Crippen LogP contribution < -0.4 is 0 Å². The van der Waals surface area contributed by atoms with Crippen LogP contribution in [0.2, 0.25) is 0 Å². The monoisotopic (exact) mass is 328 g/mol. The summed E-state index contributed by atoms with van der Waals surface area (Å²) < 4.78 is 50.2. The van der Waals surface area contributed by atoms with E-state index >= 15 is 0 Å². The maximum atomic E-state index is 12.2. The molecule has 1 unspecified atom stereocenters. The van der Waals surface area contributed by atoms with Crippen molar-refractivity contribution >= 4 is 5.97 Å². The molecular weight excluding hydrogens is 317 g/mol. The van der Waals surface area contributed by atoms with Gasteiger partial charge in [-0.25, -0.2) is 4.79 Å². The van der Waals surface area contributed by atoms with E-state index in [0.29, 0.717) is 0 Å². The van der Waals surface area contributed by atoms with E-state index in [1.54, 1.807) is 0 Å².